The maximum absolute atomic E-state index is 11.5. The third-order valence-electron chi connectivity index (χ3n) is 2.69. The van der Waals surface area contributed by atoms with Gasteiger partial charge in [-0.15, -0.1) is 11.3 Å². The van der Waals surface area contributed by atoms with Crippen LogP contribution in [0.3, 0.4) is 0 Å². The zero-order valence-electron chi connectivity index (χ0n) is 8.79. The van der Waals surface area contributed by atoms with Crippen LogP contribution in [0, 0.1) is 13.8 Å². The van der Waals surface area contributed by atoms with Crippen LogP contribution in [0.4, 0.5) is 0 Å². The molecule has 1 aliphatic heterocycles. The van der Waals surface area contributed by atoms with Gasteiger partial charge in [0.05, 0.1) is 5.56 Å². The number of thiophene rings is 1. The van der Waals surface area contributed by atoms with Crippen molar-refractivity contribution in [2.45, 2.75) is 13.8 Å². The zero-order valence-corrected chi connectivity index (χ0v) is 9.60. The highest BCUT2D eigenvalue weighted by Crippen LogP contribution is 2.38. The maximum Gasteiger partial charge on any atom is 0.357 e. The summed E-state index contributed by atoms with van der Waals surface area (Å²) in [6, 6.07) is 3.97. The molecule has 0 bridgehead atoms. The lowest BCUT2D eigenvalue weighted by Gasteiger charge is -1.99. The van der Waals surface area contributed by atoms with Gasteiger partial charge in [-0.2, -0.15) is 0 Å². The van der Waals surface area contributed by atoms with E-state index in [0.717, 1.165) is 21.2 Å². The maximum atomic E-state index is 11.5. The molecule has 1 aromatic heterocycles. The van der Waals surface area contributed by atoms with Crippen molar-refractivity contribution in [3.8, 4) is 0 Å². The molecule has 2 aromatic rings. The lowest BCUT2D eigenvalue weighted by molar-refractivity contribution is 0.0446. The Labute approximate surface area is 95.6 Å². The normalized spacial score (nSPS) is 14.4. The summed E-state index contributed by atoms with van der Waals surface area (Å²) in [7, 11) is 0. The van der Waals surface area contributed by atoms with Crippen LogP contribution in [0.5, 0.6) is 0 Å². The zero-order chi connectivity index (χ0) is 11.4. The number of carbonyl (C=O) groups excluding carboxylic acids is 2. The van der Waals surface area contributed by atoms with Gasteiger partial charge >= 0.3 is 11.9 Å². The summed E-state index contributed by atoms with van der Waals surface area (Å²) in [5.74, 6) is -1.03. The molecule has 80 valence electrons. The third kappa shape index (κ3) is 1.08. The third-order valence-corrected chi connectivity index (χ3v) is 4.02. The van der Waals surface area contributed by atoms with Gasteiger partial charge in [0.1, 0.15) is 4.88 Å². The number of carbonyl (C=O) groups is 2. The van der Waals surface area contributed by atoms with Gasteiger partial charge in [-0.1, -0.05) is 11.6 Å². The van der Waals surface area contributed by atoms with Crippen LogP contribution >= 0.6 is 11.3 Å². The van der Waals surface area contributed by atoms with Crippen LogP contribution in [-0.2, 0) is 4.74 Å². The molecular weight excluding hydrogens is 224 g/mol. The molecule has 0 atom stereocenters. The average Bonchev–Trinajstić information content (AvgIpc) is 2.67. The van der Waals surface area contributed by atoms with Crippen molar-refractivity contribution in [3.63, 3.8) is 0 Å². The molecule has 0 aliphatic carbocycles. The molecule has 0 saturated heterocycles. The van der Waals surface area contributed by atoms with Gasteiger partial charge in [0, 0.05) is 10.1 Å². The molecule has 0 radical (unpaired) electrons. The molecule has 2 heterocycles. The summed E-state index contributed by atoms with van der Waals surface area (Å²) >= 11 is 1.34. The standard InChI is InChI=1S/C12H8O3S/c1-5-3-6(2)9-7(4-5)8-10(16-9)12(14)15-11(8)13/h3-4H,1-2H3. The fraction of sp³-hybridized carbons (Fsp3) is 0.167. The van der Waals surface area contributed by atoms with Crippen molar-refractivity contribution in [1.82, 2.24) is 0 Å². The Bertz CT molecular complexity index is 652. The van der Waals surface area contributed by atoms with Gasteiger partial charge in [-0.3, -0.25) is 0 Å². The molecule has 0 saturated carbocycles. The van der Waals surface area contributed by atoms with Crippen molar-refractivity contribution in [2.75, 3.05) is 0 Å². The minimum absolute atomic E-state index is 0.439. The number of aryl methyl sites for hydroxylation is 2. The Morgan fingerprint density at radius 2 is 1.88 bits per heavy atom. The first-order valence-corrected chi connectivity index (χ1v) is 5.70. The quantitative estimate of drug-likeness (QED) is 0.518. The Kier molecular flexibility index (Phi) is 1.74. The predicted octanol–water partition coefficient (Wildman–Crippen LogP) is 2.83. The molecule has 0 amide bonds. The van der Waals surface area contributed by atoms with Crippen LogP contribution in [0.25, 0.3) is 10.1 Å². The molecule has 3 rings (SSSR count). The summed E-state index contributed by atoms with van der Waals surface area (Å²) in [4.78, 5) is 23.4. The summed E-state index contributed by atoms with van der Waals surface area (Å²) in [6.45, 7) is 3.95. The van der Waals surface area contributed by atoms with Crippen molar-refractivity contribution in [3.05, 3.63) is 33.7 Å². The number of hydrogen-bond donors (Lipinski definition) is 0. The molecule has 0 spiro atoms. The lowest BCUT2D eigenvalue weighted by atomic mass is 10.1. The van der Waals surface area contributed by atoms with Crippen LogP contribution in [0.2, 0.25) is 0 Å². The van der Waals surface area contributed by atoms with Gasteiger partial charge in [-0.25, -0.2) is 9.59 Å². The first kappa shape index (κ1) is 9.54. The number of benzene rings is 1. The second-order valence-electron chi connectivity index (χ2n) is 3.94. The first-order valence-electron chi connectivity index (χ1n) is 4.88. The van der Waals surface area contributed by atoms with Crippen molar-refractivity contribution in [2.24, 2.45) is 0 Å². The van der Waals surface area contributed by atoms with E-state index in [9.17, 15) is 9.59 Å². The number of hydrogen-bond acceptors (Lipinski definition) is 4. The minimum Gasteiger partial charge on any atom is -0.385 e. The topological polar surface area (TPSA) is 43.4 Å². The molecular formula is C12H8O3S. The van der Waals surface area contributed by atoms with E-state index < -0.39 is 11.9 Å². The van der Waals surface area contributed by atoms with E-state index in [1.54, 1.807) is 0 Å². The molecule has 0 unspecified atom stereocenters. The number of fused-ring (bicyclic) bond motifs is 3. The highest BCUT2D eigenvalue weighted by Gasteiger charge is 2.34. The Balaban J connectivity index is 2.49. The van der Waals surface area contributed by atoms with Crippen LogP contribution in [0.1, 0.15) is 31.2 Å². The smallest absolute Gasteiger partial charge is 0.357 e. The number of esters is 2. The summed E-state index contributed by atoms with van der Waals surface area (Å²) in [5.41, 5.74) is 2.62. The fourth-order valence-corrected chi connectivity index (χ4v) is 3.19. The van der Waals surface area contributed by atoms with Crippen molar-refractivity contribution >= 4 is 33.4 Å². The Morgan fingerprint density at radius 1 is 1.12 bits per heavy atom. The molecule has 1 aliphatic rings. The van der Waals surface area contributed by atoms with Gasteiger partial charge in [0.2, 0.25) is 0 Å². The largest absolute Gasteiger partial charge is 0.385 e. The first-order chi connectivity index (χ1) is 7.58. The average molecular weight is 232 g/mol. The summed E-state index contributed by atoms with van der Waals surface area (Å²) < 4.78 is 5.59. The van der Waals surface area contributed by atoms with Crippen molar-refractivity contribution in [1.29, 1.82) is 0 Å². The predicted molar refractivity (Wildman–Crippen MR) is 61.0 cm³/mol. The van der Waals surface area contributed by atoms with Crippen LogP contribution < -0.4 is 0 Å². The van der Waals surface area contributed by atoms with Crippen LogP contribution in [0.15, 0.2) is 12.1 Å². The van der Waals surface area contributed by atoms with E-state index >= 15 is 0 Å². The summed E-state index contributed by atoms with van der Waals surface area (Å²) in [5, 5.41) is 0.841. The Morgan fingerprint density at radius 3 is 2.62 bits per heavy atom. The lowest BCUT2D eigenvalue weighted by Crippen LogP contribution is -1.98. The van der Waals surface area contributed by atoms with Gasteiger partial charge in [0.15, 0.2) is 0 Å². The number of rotatable bonds is 0. The van der Waals surface area contributed by atoms with Gasteiger partial charge in [-0.05, 0) is 25.5 Å². The van der Waals surface area contributed by atoms with Gasteiger partial charge in [0.25, 0.3) is 0 Å². The molecule has 3 nitrogen and oxygen atoms in total. The van der Waals surface area contributed by atoms with E-state index in [1.807, 2.05) is 26.0 Å². The monoisotopic (exact) mass is 232 g/mol. The second kappa shape index (κ2) is 2.92. The molecule has 0 N–H and O–H groups in total. The fourth-order valence-electron chi connectivity index (χ4n) is 2.08. The highest BCUT2D eigenvalue weighted by molar-refractivity contribution is 7.21. The van der Waals surface area contributed by atoms with E-state index in [4.69, 9.17) is 0 Å². The molecule has 4 heteroatoms. The van der Waals surface area contributed by atoms with E-state index in [1.165, 1.54) is 11.3 Å². The van der Waals surface area contributed by atoms with E-state index in [0.29, 0.717) is 10.4 Å². The number of cyclic esters (lactones) is 2. The SMILES string of the molecule is Cc1cc(C)c2sc3c(c2c1)C(=O)OC3=O. The number of ether oxygens (including phenoxy) is 1. The molecule has 0 fully saturated rings. The van der Waals surface area contributed by atoms with Crippen LogP contribution in [-0.4, -0.2) is 11.9 Å². The molecule has 1 aromatic carbocycles. The minimum atomic E-state index is -0.517. The summed E-state index contributed by atoms with van der Waals surface area (Å²) in [6.07, 6.45) is 0. The Hall–Kier alpha value is -1.68. The van der Waals surface area contributed by atoms with Gasteiger partial charge < -0.3 is 4.74 Å². The van der Waals surface area contributed by atoms with E-state index in [-0.39, 0.29) is 0 Å². The molecule has 16 heavy (non-hydrogen) atoms. The second-order valence-corrected chi connectivity index (χ2v) is 4.96. The van der Waals surface area contributed by atoms with E-state index in [2.05, 4.69) is 4.74 Å². The van der Waals surface area contributed by atoms with Crippen molar-refractivity contribution < 1.29 is 14.3 Å². The highest BCUT2D eigenvalue weighted by atomic mass is 32.1.